The van der Waals surface area contributed by atoms with Gasteiger partial charge in [-0.3, -0.25) is 10.2 Å². The molecule has 0 aliphatic carbocycles. The third kappa shape index (κ3) is 4.21. The SMILES string of the molecule is COc1cccc(-n2nnc(C(=O)NNCOc3ccccc3OC)c2C)c1. The van der Waals surface area contributed by atoms with E-state index in [2.05, 4.69) is 21.2 Å². The second kappa shape index (κ2) is 8.87. The first-order valence-corrected chi connectivity index (χ1v) is 8.49. The molecule has 0 radical (unpaired) electrons. The standard InChI is InChI=1S/C19H21N5O4/c1-13-18(21-23-24(13)14-7-6-8-15(11-14)26-2)19(25)22-20-12-28-17-10-5-4-9-16(17)27-3/h4-11,20H,12H2,1-3H3,(H,22,25). The molecule has 1 heterocycles. The maximum Gasteiger partial charge on any atom is 0.287 e. The molecule has 3 aromatic rings. The highest BCUT2D eigenvalue weighted by atomic mass is 16.5. The molecule has 0 aliphatic heterocycles. The molecule has 1 amide bonds. The average Bonchev–Trinajstić information content (AvgIpc) is 3.12. The van der Waals surface area contributed by atoms with Crippen molar-refractivity contribution in [3.63, 3.8) is 0 Å². The van der Waals surface area contributed by atoms with E-state index in [-0.39, 0.29) is 12.4 Å². The van der Waals surface area contributed by atoms with E-state index < -0.39 is 5.91 Å². The molecule has 0 atom stereocenters. The fourth-order valence-electron chi connectivity index (χ4n) is 2.55. The van der Waals surface area contributed by atoms with Gasteiger partial charge in [-0.25, -0.2) is 4.68 Å². The summed E-state index contributed by atoms with van der Waals surface area (Å²) in [5, 5.41) is 8.03. The number of methoxy groups -OCH3 is 2. The normalized spacial score (nSPS) is 10.4. The average molecular weight is 383 g/mol. The third-order valence-electron chi connectivity index (χ3n) is 3.98. The minimum Gasteiger partial charge on any atom is -0.497 e. The Labute approximate surface area is 162 Å². The van der Waals surface area contributed by atoms with E-state index in [0.29, 0.717) is 22.9 Å². The molecule has 9 heteroatoms. The predicted octanol–water partition coefficient (Wildman–Crippen LogP) is 1.86. The molecule has 28 heavy (non-hydrogen) atoms. The summed E-state index contributed by atoms with van der Waals surface area (Å²) in [5.74, 6) is 1.43. The summed E-state index contributed by atoms with van der Waals surface area (Å²) in [6.07, 6.45) is 0. The summed E-state index contributed by atoms with van der Waals surface area (Å²) in [6, 6.07) is 14.6. The number of aromatic nitrogens is 3. The Morgan fingerprint density at radius 2 is 1.86 bits per heavy atom. The van der Waals surface area contributed by atoms with Gasteiger partial charge in [0.05, 0.1) is 25.6 Å². The third-order valence-corrected chi connectivity index (χ3v) is 3.98. The summed E-state index contributed by atoms with van der Waals surface area (Å²) in [5.41, 5.74) is 6.79. The van der Waals surface area contributed by atoms with Crippen LogP contribution in [0.1, 0.15) is 16.2 Å². The Hall–Kier alpha value is -3.59. The molecule has 0 bridgehead atoms. The highest BCUT2D eigenvalue weighted by Gasteiger charge is 2.17. The minimum atomic E-state index is -0.421. The second-order valence-corrected chi connectivity index (χ2v) is 5.71. The van der Waals surface area contributed by atoms with Crippen LogP contribution in [0.25, 0.3) is 5.69 Å². The van der Waals surface area contributed by atoms with Crippen LogP contribution in [-0.4, -0.2) is 41.9 Å². The van der Waals surface area contributed by atoms with Crippen molar-refractivity contribution in [3.8, 4) is 22.9 Å². The van der Waals surface area contributed by atoms with Gasteiger partial charge in [0.25, 0.3) is 5.91 Å². The van der Waals surface area contributed by atoms with Crippen LogP contribution >= 0.6 is 0 Å². The second-order valence-electron chi connectivity index (χ2n) is 5.71. The van der Waals surface area contributed by atoms with Crippen LogP contribution in [0, 0.1) is 6.92 Å². The molecule has 2 N–H and O–H groups in total. The van der Waals surface area contributed by atoms with Gasteiger partial charge in [0.15, 0.2) is 23.9 Å². The lowest BCUT2D eigenvalue weighted by atomic mass is 10.2. The van der Waals surface area contributed by atoms with E-state index in [9.17, 15) is 4.79 Å². The number of benzene rings is 2. The van der Waals surface area contributed by atoms with Gasteiger partial charge in [0.2, 0.25) is 0 Å². The number of hydrazine groups is 1. The van der Waals surface area contributed by atoms with Crippen LogP contribution in [0.5, 0.6) is 17.2 Å². The van der Waals surface area contributed by atoms with Crippen LogP contribution in [0.2, 0.25) is 0 Å². The number of carbonyl (C=O) groups is 1. The van der Waals surface area contributed by atoms with E-state index >= 15 is 0 Å². The first kappa shape index (κ1) is 19.2. The highest BCUT2D eigenvalue weighted by Crippen LogP contribution is 2.25. The number of hydrogen-bond donors (Lipinski definition) is 2. The van der Waals surface area contributed by atoms with Gasteiger partial charge < -0.3 is 14.2 Å². The van der Waals surface area contributed by atoms with Crippen molar-refractivity contribution in [2.24, 2.45) is 0 Å². The van der Waals surface area contributed by atoms with Crippen molar-refractivity contribution < 1.29 is 19.0 Å². The Morgan fingerprint density at radius 3 is 2.61 bits per heavy atom. The lowest BCUT2D eigenvalue weighted by Crippen LogP contribution is -2.40. The first-order chi connectivity index (χ1) is 13.6. The van der Waals surface area contributed by atoms with Gasteiger partial charge >= 0.3 is 0 Å². The lowest BCUT2D eigenvalue weighted by molar-refractivity contribution is 0.0908. The predicted molar refractivity (Wildman–Crippen MR) is 102 cm³/mol. The van der Waals surface area contributed by atoms with Crippen LogP contribution in [0.3, 0.4) is 0 Å². The fourth-order valence-corrected chi connectivity index (χ4v) is 2.55. The van der Waals surface area contributed by atoms with Crippen molar-refractivity contribution in [1.29, 1.82) is 0 Å². The van der Waals surface area contributed by atoms with Gasteiger partial charge in [0, 0.05) is 6.07 Å². The molecule has 0 fully saturated rings. The monoisotopic (exact) mass is 383 g/mol. The van der Waals surface area contributed by atoms with Crippen molar-refractivity contribution in [2.75, 3.05) is 21.0 Å². The number of nitrogens with zero attached hydrogens (tertiary/aromatic N) is 3. The number of hydrogen-bond acceptors (Lipinski definition) is 7. The maximum atomic E-state index is 12.4. The summed E-state index contributed by atoms with van der Waals surface area (Å²) >= 11 is 0. The first-order valence-electron chi connectivity index (χ1n) is 8.49. The Morgan fingerprint density at radius 1 is 1.07 bits per heavy atom. The Bertz CT molecular complexity index is 957. The zero-order valence-electron chi connectivity index (χ0n) is 15.8. The van der Waals surface area contributed by atoms with Crippen molar-refractivity contribution in [2.45, 2.75) is 6.92 Å². The molecular formula is C19H21N5O4. The molecule has 2 aromatic carbocycles. The molecule has 0 saturated heterocycles. The zero-order valence-corrected chi connectivity index (χ0v) is 15.8. The number of para-hydroxylation sites is 2. The summed E-state index contributed by atoms with van der Waals surface area (Å²) < 4.78 is 17.5. The van der Waals surface area contributed by atoms with Crippen LogP contribution in [0.15, 0.2) is 48.5 Å². The molecule has 9 nitrogen and oxygen atoms in total. The van der Waals surface area contributed by atoms with Gasteiger partial charge in [-0.2, -0.15) is 5.43 Å². The molecule has 3 rings (SSSR count). The number of carbonyl (C=O) groups excluding carboxylic acids is 1. The van der Waals surface area contributed by atoms with Gasteiger partial charge in [-0.1, -0.05) is 23.4 Å². The quantitative estimate of drug-likeness (QED) is 0.348. The van der Waals surface area contributed by atoms with Crippen molar-refractivity contribution >= 4 is 5.91 Å². The summed E-state index contributed by atoms with van der Waals surface area (Å²) in [6.45, 7) is 1.81. The maximum absolute atomic E-state index is 12.4. The van der Waals surface area contributed by atoms with Crippen molar-refractivity contribution in [1.82, 2.24) is 25.8 Å². The number of amides is 1. The summed E-state index contributed by atoms with van der Waals surface area (Å²) in [4.78, 5) is 12.4. The molecule has 146 valence electrons. The zero-order chi connectivity index (χ0) is 19.9. The molecule has 0 spiro atoms. The largest absolute Gasteiger partial charge is 0.497 e. The molecule has 0 unspecified atom stereocenters. The molecule has 0 saturated carbocycles. The van der Waals surface area contributed by atoms with E-state index in [4.69, 9.17) is 14.2 Å². The minimum absolute atomic E-state index is 0.0508. The molecule has 0 aliphatic rings. The van der Waals surface area contributed by atoms with E-state index in [1.165, 1.54) is 0 Å². The molecule has 1 aromatic heterocycles. The Balaban J connectivity index is 1.60. The number of ether oxygens (including phenoxy) is 3. The van der Waals surface area contributed by atoms with E-state index in [1.807, 2.05) is 36.4 Å². The van der Waals surface area contributed by atoms with E-state index in [1.54, 1.807) is 38.0 Å². The highest BCUT2D eigenvalue weighted by molar-refractivity contribution is 5.92. The van der Waals surface area contributed by atoms with Crippen LogP contribution in [0.4, 0.5) is 0 Å². The van der Waals surface area contributed by atoms with Crippen molar-refractivity contribution in [3.05, 3.63) is 59.9 Å². The van der Waals surface area contributed by atoms with Crippen LogP contribution in [-0.2, 0) is 0 Å². The van der Waals surface area contributed by atoms with Gasteiger partial charge in [0.1, 0.15) is 5.75 Å². The van der Waals surface area contributed by atoms with Gasteiger partial charge in [-0.15, -0.1) is 5.10 Å². The smallest absolute Gasteiger partial charge is 0.287 e. The Kier molecular flexibility index (Phi) is 6.07. The van der Waals surface area contributed by atoms with Gasteiger partial charge in [-0.05, 0) is 31.2 Å². The topological polar surface area (TPSA) is 99.5 Å². The number of nitrogens with one attached hydrogen (secondary N) is 2. The number of rotatable bonds is 8. The lowest BCUT2D eigenvalue weighted by Gasteiger charge is -2.11. The summed E-state index contributed by atoms with van der Waals surface area (Å²) in [7, 11) is 3.15. The molecular weight excluding hydrogens is 362 g/mol. The van der Waals surface area contributed by atoms with Crippen LogP contribution < -0.4 is 25.1 Å². The van der Waals surface area contributed by atoms with E-state index in [0.717, 1.165) is 5.69 Å². The fraction of sp³-hybridized carbons (Fsp3) is 0.211.